The van der Waals surface area contributed by atoms with Crippen molar-refractivity contribution in [1.29, 1.82) is 5.26 Å². The summed E-state index contributed by atoms with van der Waals surface area (Å²) in [7, 11) is 0. The maximum atomic E-state index is 12.8. The molecular weight excluding hydrogens is 398 g/mol. The average Bonchev–Trinajstić information content (AvgIpc) is 3.66. The van der Waals surface area contributed by atoms with Crippen LogP contribution in [0.2, 0.25) is 0 Å². The summed E-state index contributed by atoms with van der Waals surface area (Å²) in [5.74, 6) is 1.64. The first-order valence-corrected chi connectivity index (χ1v) is 11.5. The largest absolute Gasteiger partial charge is 0.363 e. The summed E-state index contributed by atoms with van der Waals surface area (Å²) < 4.78 is 0. The van der Waals surface area contributed by atoms with E-state index in [2.05, 4.69) is 52.9 Å². The molecule has 1 aliphatic carbocycles. The van der Waals surface area contributed by atoms with E-state index in [1.807, 2.05) is 11.0 Å². The molecule has 1 fully saturated rings. The van der Waals surface area contributed by atoms with E-state index in [1.54, 1.807) is 19.2 Å². The lowest BCUT2D eigenvalue weighted by Crippen LogP contribution is -2.51. The third-order valence-electron chi connectivity index (χ3n) is 7.06. The minimum atomic E-state index is 0.0360. The molecule has 2 aliphatic heterocycles. The second-order valence-corrected chi connectivity index (χ2v) is 9.20. The van der Waals surface area contributed by atoms with Crippen LogP contribution in [0.4, 0.5) is 11.5 Å². The molecule has 2 N–H and O–H groups in total. The molecule has 2 aromatic rings. The number of pyridine rings is 1. The molecule has 0 unspecified atom stereocenters. The standard InChI is InChI=1S/C26H29N5O/c1-16-25(30-24-8-3-18(14-27)15-29-24)22-13-21(19-9-11-28-12-10-19)6-7-23(22)31(17(2)32)26(16)20-4-5-20/h3,6-9,13,15-16,20,25-26,28H,4-5,10-12H2,1-2H3,(H,29,30)/t16-,25-,26-/m1/s1. The van der Waals surface area contributed by atoms with Gasteiger partial charge < -0.3 is 15.5 Å². The highest BCUT2D eigenvalue weighted by molar-refractivity contribution is 5.94. The number of hydrogen-bond donors (Lipinski definition) is 2. The van der Waals surface area contributed by atoms with Crippen LogP contribution < -0.4 is 15.5 Å². The van der Waals surface area contributed by atoms with Crippen molar-refractivity contribution in [3.05, 3.63) is 59.3 Å². The van der Waals surface area contributed by atoms with Crippen LogP contribution in [0, 0.1) is 23.2 Å². The van der Waals surface area contributed by atoms with E-state index in [0.29, 0.717) is 11.5 Å². The topological polar surface area (TPSA) is 81.0 Å². The van der Waals surface area contributed by atoms with Gasteiger partial charge in [0.25, 0.3) is 0 Å². The van der Waals surface area contributed by atoms with Crippen molar-refractivity contribution in [1.82, 2.24) is 10.3 Å². The highest BCUT2D eigenvalue weighted by atomic mass is 16.2. The summed E-state index contributed by atoms with van der Waals surface area (Å²) in [5, 5.41) is 16.1. The molecule has 164 valence electrons. The molecular formula is C26H29N5O. The Morgan fingerprint density at radius 3 is 2.75 bits per heavy atom. The summed E-state index contributed by atoms with van der Waals surface area (Å²) in [4.78, 5) is 19.3. The lowest BCUT2D eigenvalue weighted by molar-refractivity contribution is -0.117. The monoisotopic (exact) mass is 427 g/mol. The molecule has 3 atom stereocenters. The van der Waals surface area contributed by atoms with Crippen LogP contribution in [-0.2, 0) is 4.79 Å². The Balaban J connectivity index is 1.59. The van der Waals surface area contributed by atoms with Gasteiger partial charge in [0, 0.05) is 37.3 Å². The number of nitrogens with zero attached hydrogens (tertiary/aromatic N) is 3. The second kappa shape index (κ2) is 8.40. The summed E-state index contributed by atoms with van der Waals surface area (Å²) in [6.07, 6.45) is 7.22. The van der Waals surface area contributed by atoms with Crippen molar-refractivity contribution in [2.45, 2.75) is 45.2 Å². The first-order valence-electron chi connectivity index (χ1n) is 11.5. The van der Waals surface area contributed by atoms with Crippen LogP contribution in [0.3, 0.4) is 0 Å². The van der Waals surface area contributed by atoms with E-state index in [0.717, 1.165) is 36.6 Å². The highest BCUT2D eigenvalue weighted by Gasteiger charge is 2.47. The molecule has 32 heavy (non-hydrogen) atoms. The summed E-state index contributed by atoms with van der Waals surface area (Å²) >= 11 is 0. The molecule has 3 heterocycles. The lowest BCUT2D eigenvalue weighted by Gasteiger charge is -2.46. The summed E-state index contributed by atoms with van der Waals surface area (Å²) in [5.41, 5.74) is 5.29. The fourth-order valence-electron chi connectivity index (χ4n) is 5.35. The molecule has 6 heteroatoms. The van der Waals surface area contributed by atoms with Gasteiger partial charge in [-0.1, -0.05) is 19.1 Å². The molecule has 1 saturated carbocycles. The van der Waals surface area contributed by atoms with E-state index in [-0.39, 0.29) is 23.9 Å². The molecule has 0 radical (unpaired) electrons. The van der Waals surface area contributed by atoms with Crippen molar-refractivity contribution in [3.63, 3.8) is 0 Å². The highest BCUT2D eigenvalue weighted by Crippen LogP contribution is 2.50. The predicted molar refractivity (Wildman–Crippen MR) is 126 cm³/mol. The van der Waals surface area contributed by atoms with Gasteiger partial charge in [-0.05, 0) is 72.7 Å². The Labute approximate surface area is 189 Å². The van der Waals surface area contributed by atoms with Gasteiger partial charge in [0.2, 0.25) is 5.91 Å². The quantitative estimate of drug-likeness (QED) is 0.762. The zero-order chi connectivity index (χ0) is 22.2. The number of rotatable bonds is 4. The number of benzene rings is 1. The first-order chi connectivity index (χ1) is 15.6. The van der Waals surface area contributed by atoms with Gasteiger partial charge in [0.05, 0.1) is 11.6 Å². The smallest absolute Gasteiger partial charge is 0.224 e. The minimum Gasteiger partial charge on any atom is -0.363 e. The lowest BCUT2D eigenvalue weighted by atomic mass is 9.79. The number of anilines is 2. The molecule has 1 aromatic heterocycles. The second-order valence-electron chi connectivity index (χ2n) is 9.20. The van der Waals surface area contributed by atoms with Crippen molar-refractivity contribution >= 4 is 23.0 Å². The molecule has 5 rings (SSSR count). The number of fused-ring (bicyclic) bond motifs is 1. The van der Waals surface area contributed by atoms with Crippen molar-refractivity contribution in [3.8, 4) is 6.07 Å². The molecule has 3 aliphatic rings. The van der Waals surface area contributed by atoms with E-state index in [9.17, 15) is 4.79 Å². The van der Waals surface area contributed by atoms with E-state index in [1.165, 1.54) is 24.0 Å². The van der Waals surface area contributed by atoms with Gasteiger partial charge in [-0.15, -0.1) is 0 Å². The molecule has 0 saturated heterocycles. The average molecular weight is 428 g/mol. The molecule has 1 amide bonds. The van der Waals surface area contributed by atoms with Crippen LogP contribution in [-0.4, -0.2) is 30.0 Å². The first kappa shape index (κ1) is 20.7. The maximum Gasteiger partial charge on any atom is 0.224 e. The minimum absolute atomic E-state index is 0.0360. The van der Waals surface area contributed by atoms with Crippen molar-refractivity contribution in [2.24, 2.45) is 11.8 Å². The van der Waals surface area contributed by atoms with Gasteiger partial charge in [-0.3, -0.25) is 4.79 Å². The Hall–Kier alpha value is -3.17. The van der Waals surface area contributed by atoms with Crippen LogP contribution in [0.25, 0.3) is 5.57 Å². The number of aromatic nitrogens is 1. The zero-order valence-electron chi connectivity index (χ0n) is 18.6. The number of carbonyl (C=O) groups excluding carboxylic acids is 1. The van der Waals surface area contributed by atoms with Crippen molar-refractivity contribution in [2.75, 3.05) is 23.3 Å². The SMILES string of the molecule is CC(=O)N1c2ccc(C3=CCNCC3)cc2[C@H](Nc2ccc(C#N)cn2)[C@@H](C)[C@@H]1C1CC1. The normalized spacial score (nSPS) is 24.8. The van der Waals surface area contributed by atoms with Gasteiger partial charge in [-0.25, -0.2) is 4.98 Å². The molecule has 0 spiro atoms. The Morgan fingerprint density at radius 1 is 1.28 bits per heavy atom. The number of carbonyl (C=O) groups is 1. The number of amides is 1. The third kappa shape index (κ3) is 3.78. The van der Waals surface area contributed by atoms with Gasteiger partial charge >= 0.3 is 0 Å². The number of nitriles is 1. The van der Waals surface area contributed by atoms with Crippen LogP contribution in [0.1, 0.15) is 55.8 Å². The zero-order valence-corrected chi connectivity index (χ0v) is 18.6. The van der Waals surface area contributed by atoms with E-state index >= 15 is 0 Å². The van der Waals surface area contributed by atoms with E-state index in [4.69, 9.17) is 5.26 Å². The molecule has 0 bridgehead atoms. The number of hydrogen-bond acceptors (Lipinski definition) is 5. The maximum absolute atomic E-state index is 12.8. The summed E-state index contributed by atoms with van der Waals surface area (Å²) in [6.45, 7) is 5.81. The van der Waals surface area contributed by atoms with Crippen LogP contribution in [0.15, 0.2) is 42.6 Å². The number of nitrogens with one attached hydrogen (secondary N) is 2. The van der Waals surface area contributed by atoms with Gasteiger partial charge in [-0.2, -0.15) is 5.26 Å². The third-order valence-corrected chi connectivity index (χ3v) is 7.06. The van der Waals surface area contributed by atoms with Crippen LogP contribution >= 0.6 is 0 Å². The fourth-order valence-corrected chi connectivity index (χ4v) is 5.35. The van der Waals surface area contributed by atoms with Crippen LogP contribution in [0.5, 0.6) is 0 Å². The van der Waals surface area contributed by atoms with Gasteiger partial charge in [0.15, 0.2) is 0 Å². The van der Waals surface area contributed by atoms with Gasteiger partial charge in [0.1, 0.15) is 11.9 Å². The predicted octanol–water partition coefficient (Wildman–Crippen LogP) is 4.26. The molecule has 1 aromatic carbocycles. The van der Waals surface area contributed by atoms with E-state index < -0.39 is 0 Å². The Morgan fingerprint density at radius 2 is 2.12 bits per heavy atom. The van der Waals surface area contributed by atoms with Crippen molar-refractivity contribution < 1.29 is 4.79 Å². The molecule has 6 nitrogen and oxygen atoms in total. The summed E-state index contributed by atoms with van der Waals surface area (Å²) in [6, 6.07) is 12.6. The Bertz CT molecular complexity index is 1100. The fraction of sp³-hybridized carbons (Fsp3) is 0.423. The Kier molecular flexibility index (Phi) is 5.44.